The quantitative estimate of drug-likeness (QED) is 0.768. The highest BCUT2D eigenvalue weighted by Crippen LogP contribution is 2.21. The third-order valence-corrected chi connectivity index (χ3v) is 3.36. The monoisotopic (exact) mass is 260 g/mol. The molecule has 0 spiro atoms. The summed E-state index contributed by atoms with van der Waals surface area (Å²) in [6.45, 7) is 4.17. The summed E-state index contributed by atoms with van der Waals surface area (Å²) in [5, 5.41) is 22.9. The number of hydrogen-bond acceptors (Lipinski definition) is 4. The van der Waals surface area contributed by atoms with Gasteiger partial charge in [-0.2, -0.15) is 0 Å². The van der Waals surface area contributed by atoms with Gasteiger partial charge in [-0.15, -0.1) is 0 Å². The molecule has 1 aromatic heterocycles. The number of aliphatic hydroxyl groups is 2. The molecule has 0 saturated heterocycles. The lowest BCUT2D eigenvalue weighted by molar-refractivity contribution is 0.0806. The van der Waals surface area contributed by atoms with Gasteiger partial charge in [-0.05, 0) is 24.6 Å². The molecule has 2 aromatic rings. The number of nitrogens with zero attached hydrogens (tertiary/aromatic N) is 1. The lowest BCUT2D eigenvalue weighted by atomic mass is 9.93. The van der Waals surface area contributed by atoms with Gasteiger partial charge >= 0.3 is 0 Å². The Morgan fingerprint density at radius 3 is 2.58 bits per heavy atom. The summed E-state index contributed by atoms with van der Waals surface area (Å²) in [6.07, 6.45) is 0. The SMILES string of the molecule is Cc1cc2ccccc2nc1NCC(C)(CO)CO. The largest absolute Gasteiger partial charge is 0.396 e. The van der Waals surface area contributed by atoms with E-state index in [1.165, 1.54) is 0 Å². The zero-order valence-corrected chi connectivity index (χ0v) is 11.3. The van der Waals surface area contributed by atoms with E-state index in [9.17, 15) is 10.2 Å². The first kappa shape index (κ1) is 13.8. The van der Waals surface area contributed by atoms with Gasteiger partial charge in [-0.3, -0.25) is 0 Å². The number of nitrogens with one attached hydrogen (secondary N) is 1. The molecular weight excluding hydrogens is 240 g/mol. The van der Waals surface area contributed by atoms with E-state index in [2.05, 4.69) is 16.4 Å². The number of anilines is 1. The number of para-hydroxylation sites is 1. The Hall–Kier alpha value is -1.65. The summed E-state index contributed by atoms with van der Waals surface area (Å²) < 4.78 is 0. The molecule has 1 heterocycles. The molecule has 2 rings (SSSR count). The fraction of sp³-hybridized carbons (Fsp3) is 0.400. The van der Waals surface area contributed by atoms with Crippen molar-refractivity contribution in [3.63, 3.8) is 0 Å². The summed E-state index contributed by atoms with van der Waals surface area (Å²) in [7, 11) is 0. The van der Waals surface area contributed by atoms with E-state index in [4.69, 9.17) is 0 Å². The molecule has 0 aliphatic rings. The van der Waals surface area contributed by atoms with Crippen LogP contribution in [-0.2, 0) is 0 Å². The molecule has 102 valence electrons. The highest BCUT2D eigenvalue weighted by molar-refractivity contribution is 5.81. The van der Waals surface area contributed by atoms with Crippen LogP contribution in [-0.4, -0.2) is 35.0 Å². The van der Waals surface area contributed by atoms with Crippen LogP contribution in [0.3, 0.4) is 0 Å². The van der Waals surface area contributed by atoms with Crippen LogP contribution in [0.15, 0.2) is 30.3 Å². The Kier molecular flexibility index (Phi) is 4.02. The van der Waals surface area contributed by atoms with Gasteiger partial charge < -0.3 is 15.5 Å². The second-order valence-electron chi connectivity index (χ2n) is 5.33. The molecule has 0 unspecified atom stereocenters. The van der Waals surface area contributed by atoms with Crippen LogP contribution in [0.25, 0.3) is 10.9 Å². The molecule has 4 heteroatoms. The Morgan fingerprint density at radius 1 is 1.21 bits per heavy atom. The molecule has 0 aliphatic heterocycles. The number of aromatic nitrogens is 1. The Balaban J connectivity index is 2.23. The topological polar surface area (TPSA) is 65.4 Å². The van der Waals surface area contributed by atoms with Crippen molar-refractivity contribution in [3.8, 4) is 0 Å². The van der Waals surface area contributed by atoms with Crippen molar-refractivity contribution in [3.05, 3.63) is 35.9 Å². The first-order valence-electron chi connectivity index (χ1n) is 6.40. The van der Waals surface area contributed by atoms with Crippen molar-refractivity contribution in [1.82, 2.24) is 4.98 Å². The van der Waals surface area contributed by atoms with Gasteiger partial charge in [0.2, 0.25) is 0 Å². The standard InChI is InChI=1S/C15H20N2O2/c1-11-7-12-5-3-4-6-13(12)17-14(11)16-8-15(2,9-18)10-19/h3-7,18-19H,8-10H2,1-2H3,(H,16,17). The number of aliphatic hydroxyl groups excluding tert-OH is 2. The van der Waals surface area contributed by atoms with Crippen LogP contribution < -0.4 is 5.32 Å². The van der Waals surface area contributed by atoms with E-state index in [-0.39, 0.29) is 13.2 Å². The third kappa shape index (κ3) is 3.03. The predicted molar refractivity (Wildman–Crippen MR) is 77.2 cm³/mol. The second kappa shape index (κ2) is 5.55. The molecule has 0 amide bonds. The zero-order valence-electron chi connectivity index (χ0n) is 11.3. The van der Waals surface area contributed by atoms with Crippen molar-refractivity contribution in [1.29, 1.82) is 0 Å². The molecular formula is C15H20N2O2. The summed E-state index contributed by atoms with van der Waals surface area (Å²) in [5.41, 5.74) is 1.45. The lowest BCUT2D eigenvalue weighted by Crippen LogP contribution is -2.34. The van der Waals surface area contributed by atoms with Crippen LogP contribution in [0.5, 0.6) is 0 Å². The summed E-state index contributed by atoms with van der Waals surface area (Å²) in [6, 6.07) is 10.0. The van der Waals surface area contributed by atoms with Gasteiger partial charge in [0.05, 0.1) is 18.7 Å². The molecule has 0 fully saturated rings. The van der Waals surface area contributed by atoms with Crippen molar-refractivity contribution in [2.24, 2.45) is 5.41 Å². The summed E-state index contributed by atoms with van der Waals surface area (Å²) >= 11 is 0. The van der Waals surface area contributed by atoms with Crippen molar-refractivity contribution in [2.75, 3.05) is 25.1 Å². The first-order valence-corrected chi connectivity index (χ1v) is 6.40. The van der Waals surface area contributed by atoms with Gasteiger partial charge in [0.1, 0.15) is 5.82 Å². The Bertz CT molecular complexity index is 565. The molecule has 0 aliphatic carbocycles. The fourth-order valence-electron chi connectivity index (χ4n) is 1.86. The number of rotatable bonds is 5. The minimum absolute atomic E-state index is 0.0663. The lowest BCUT2D eigenvalue weighted by Gasteiger charge is -2.25. The van der Waals surface area contributed by atoms with E-state index < -0.39 is 5.41 Å². The van der Waals surface area contributed by atoms with E-state index in [1.54, 1.807) is 0 Å². The molecule has 3 N–H and O–H groups in total. The van der Waals surface area contributed by atoms with Gasteiger partial charge in [-0.25, -0.2) is 4.98 Å². The highest BCUT2D eigenvalue weighted by atomic mass is 16.3. The van der Waals surface area contributed by atoms with Crippen LogP contribution >= 0.6 is 0 Å². The minimum atomic E-state index is -0.542. The van der Waals surface area contributed by atoms with Crippen molar-refractivity contribution < 1.29 is 10.2 Å². The second-order valence-corrected chi connectivity index (χ2v) is 5.33. The van der Waals surface area contributed by atoms with Gasteiger partial charge in [-0.1, -0.05) is 25.1 Å². The summed E-state index contributed by atoms with van der Waals surface area (Å²) in [4.78, 5) is 4.57. The van der Waals surface area contributed by atoms with Crippen LogP contribution in [0.4, 0.5) is 5.82 Å². The molecule has 19 heavy (non-hydrogen) atoms. The van der Waals surface area contributed by atoms with E-state index in [1.807, 2.05) is 38.1 Å². The molecule has 0 atom stereocenters. The maximum atomic E-state index is 9.28. The number of pyridine rings is 1. The highest BCUT2D eigenvalue weighted by Gasteiger charge is 2.22. The zero-order chi connectivity index (χ0) is 13.9. The molecule has 0 bridgehead atoms. The van der Waals surface area contributed by atoms with E-state index in [0.717, 1.165) is 22.3 Å². The minimum Gasteiger partial charge on any atom is -0.396 e. The van der Waals surface area contributed by atoms with Gasteiger partial charge in [0, 0.05) is 17.3 Å². The third-order valence-electron chi connectivity index (χ3n) is 3.36. The van der Waals surface area contributed by atoms with Crippen molar-refractivity contribution in [2.45, 2.75) is 13.8 Å². The van der Waals surface area contributed by atoms with Gasteiger partial charge in [0.15, 0.2) is 0 Å². The molecule has 4 nitrogen and oxygen atoms in total. The van der Waals surface area contributed by atoms with Crippen LogP contribution in [0.2, 0.25) is 0 Å². The maximum absolute atomic E-state index is 9.28. The number of aryl methyl sites for hydroxylation is 1. The fourth-order valence-corrected chi connectivity index (χ4v) is 1.86. The molecule has 1 aromatic carbocycles. The Morgan fingerprint density at radius 2 is 1.89 bits per heavy atom. The molecule has 0 saturated carbocycles. The summed E-state index contributed by atoms with van der Waals surface area (Å²) in [5.74, 6) is 0.798. The normalized spacial score (nSPS) is 11.8. The predicted octanol–water partition coefficient (Wildman–Crippen LogP) is 1.95. The molecule has 0 radical (unpaired) electrons. The first-order chi connectivity index (χ1) is 9.08. The van der Waals surface area contributed by atoms with E-state index in [0.29, 0.717) is 6.54 Å². The van der Waals surface area contributed by atoms with E-state index >= 15 is 0 Å². The Labute approximate surface area is 113 Å². The maximum Gasteiger partial charge on any atom is 0.129 e. The van der Waals surface area contributed by atoms with Gasteiger partial charge in [0.25, 0.3) is 0 Å². The average Bonchev–Trinajstić information content (AvgIpc) is 2.44. The average molecular weight is 260 g/mol. The number of benzene rings is 1. The smallest absolute Gasteiger partial charge is 0.129 e. The number of hydrogen-bond donors (Lipinski definition) is 3. The van der Waals surface area contributed by atoms with Crippen LogP contribution in [0, 0.1) is 12.3 Å². The number of fused-ring (bicyclic) bond motifs is 1. The van der Waals surface area contributed by atoms with Crippen LogP contribution in [0.1, 0.15) is 12.5 Å². The van der Waals surface area contributed by atoms with Crippen molar-refractivity contribution >= 4 is 16.7 Å².